The molecule has 4 heteroatoms. The van der Waals surface area contributed by atoms with Crippen molar-refractivity contribution in [2.75, 3.05) is 13.1 Å². The Hall–Kier alpha value is -0.870. The number of hydrogen-bond acceptors (Lipinski definition) is 2. The van der Waals surface area contributed by atoms with Crippen LogP contribution < -0.4 is 0 Å². The summed E-state index contributed by atoms with van der Waals surface area (Å²) in [6.45, 7) is 3.41. The monoisotopic (exact) mass is 293 g/mol. The largest absolute Gasteiger partial charge is 0.330 e. The van der Waals surface area contributed by atoms with Gasteiger partial charge in [-0.05, 0) is 44.1 Å². The fourth-order valence-electron chi connectivity index (χ4n) is 2.50. The van der Waals surface area contributed by atoms with Gasteiger partial charge in [-0.15, -0.1) is 0 Å². The number of fused-ring (bicyclic) bond motifs is 1. The molecular formula is C13H16BrN3. The first-order valence-electron chi connectivity index (χ1n) is 6.07. The van der Waals surface area contributed by atoms with E-state index in [0.29, 0.717) is 0 Å². The second-order valence-electron chi connectivity index (χ2n) is 4.70. The molecule has 2 heterocycles. The van der Waals surface area contributed by atoms with Gasteiger partial charge in [0.2, 0.25) is 0 Å². The summed E-state index contributed by atoms with van der Waals surface area (Å²) in [4.78, 5) is 7.20. The van der Waals surface area contributed by atoms with Gasteiger partial charge in [0, 0.05) is 11.5 Å². The Bertz CT molecular complexity index is 541. The lowest BCUT2D eigenvalue weighted by Gasteiger charge is -2.13. The van der Waals surface area contributed by atoms with Gasteiger partial charge in [-0.2, -0.15) is 0 Å². The molecule has 0 radical (unpaired) electrons. The van der Waals surface area contributed by atoms with Crippen molar-refractivity contribution in [2.24, 2.45) is 7.05 Å². The van der Waals surface area contributed by atoms with E-state index in [1.165, 1.54) is 37.3 Å². The van der Waals surface area contributed by atoms with E-state index in [0.717, 1.165) is 16.5 Å². The molecule has 0 unspecified atom stereocenters. The summed E-state index contributed by atoms with van der Waals surface area (Å²) in [6, 6.07) is 6.26. The molecule has 17 heavy (non-hydrogen) atoms. The molecule has 1 saturated heterocycles. The van der Waals surface area contributed by atoms with Gasteiger partial charge < -0.3 is 4.57 Å². The highest BCUT2D eigenvalue weighted by molar-refractivity contribution is 9.10. The van der Waals surface area contributed by atoms with Crippen molar-refractivity contribution in [3.05, 3.63) is 28.5 Å². The van der Waals surface area contributed by atoms with E-state index >= 15 is 0 Å². The Morgan fingerprint density at radius 1 is 1.29 bits per heavy atom. The molecule has 0 amide bonds. The molecule has 90 valence electrons. The normalized spacial score (nSPS) is 17.1. The van der Waals surface area contributed by atoms with Crippen molar-refractivity contribution in [3.63, 3.8) is 0 Å². The van der Waals surface area contributed by atoms with Gasteiger partial charge >= 0.3 is 0 Å². The van der Waals surface area contributed by atoms with Gasteiger partial charge in [-0.25, -0.2) is 4.98 Å². The van der Waals surface area contributed by atoms with E-state index in [1.54, 1.807) is 0 Å². The molecular weight excluding hydrogens is 278 g/mol. The molecule has 2 aromatic rings. The second-order valence-corrected chi connectivity index (χ2v) is 5.62. The zero-order valence-electron chi connectivity index (χ0n) is 9.99. The minimum atomic E-state index is 0.975. The highest BCUT2D eigenvalue weighted by atomic mass is 79.9. The molecule has 0 aliphatic carbocycles. The summed E-state index contributed by atoms with van der Waals surface area (Å²) in [6.07, 6.45) is 2.66. The van der Waals surface area contributed by atoms with Gasteiger partial charge in [-0.1, -0.05) is 15.9 Å². The highest BCUT2D eigenvalue weighted by Gasteiger charge is 2.15. The molecule has 1 aromatic carbocycles. The minimum Gasteiger partial charge on any atom is -0.330 e. The molecule has 0 saturated carbocycles. The third-order valence-corrected chi connectivity index (χ3v) is 3.99. The second kappa shape index (κ2) is 4.42. The minimum absolute atomic E-state index is 0.975. The Morgan fingerprint density at radius 3 is 2.82 bits per heavy atom. The number of halogens is 1. The lowest BCUT2D eigenvalue weighted by atomic mass is 10.3. The third-order valence-electron chi connectivity index (χ3n) is 3.50. The molecule has 0 spiro atoms. The predicted octanol–water partition coefficient (Wildman–Crippen LogP) is 2.93. The molecule has 1 fully saturated rings. The number of hydrogen-bond donors (Lipinski definition) is 0. The van der Waals surface area contributed by atoms with E-state index in [1.807, 2.05) is 0 Å². The number of aryl methyl sites for hydroxylation is 1. The predicted molar refractivity (Wildman–Crippen MR) is 72.9 cm³/mol. The van der Waals surface area contributed by atoms with Crippen LogP contribution in [0.3, 0.4) is 0 Å². The van der Waals surface area contributed by atoms with Crippen LogP contribution in [0.1, 0.15) is 18.7 Å². The van der Waals surface area contributed by atoms with Crippen molar-refractivity contribution in [1.29, 1.82) is 0 Å². The van der Waals surface area contributed by atoms with Crippen molar-refractivity contribution in [1.82, 2.24) is 14.5 Å². The van der Waals surface area contributed by atoms with E-state index < -0.39 is 0 Å². The number of rotatable bonds is 2. The van der Waals surface area contributed by atoms with Crippen molar-refractivity contribution < 1.29 is 0 Å². The van der Waals surface area contributed by atoms with E-state index in [-0.39, 0.29) is 0 Å². The van der Waals surface area contributed by atoms with Crippen LogP contribution >= 0.6 is 15.9 Å². The van der Waals surface area contributed by atoms with Gasteiger partial charge in [0.1, 0.15) is 5.82 Å². The molecule has 3 rings (SSSR count). The van der Waals surface area contributed by atoms with E-state index in [2.05, 4.69) is 50.6 Å². The van der Waals surface area contributed by atoms with Crippen LogP contribution in [0.2, 0.25) is 0 Å². The topological polar surface area (TPSA) is 21.1 Å². The van der Waals surface area contributed by atoms with E-state index in [4.69, 9.17) is 4.98 Å². The highest BCUT2D eigenvalue weighted by Crippen LogP contribution is 2.21. The first kappa shape index (κ1) is 11.2. The van der Waals surface area contributed by atoms with Gasteiger partial charge in [-0.3, -0.25) is 4.90 Å². The quantitative estimate of drug-likeness (QED) is 0.849. The average Bonchev–Trinajstić information content (AvgIpc) is 2.91. The Morgan fingerprint density at radius 2 is 2.06 bits per heavy atom. The SMILES string of the molecule is Cn1c(CN2CCCC2)nc2ccc(Br)cc21. The van der Waals surface area contributed by atoms with Crippen molar-refractivity contribution >= 4 is 27.0 Å². The van der Waals surface area contributed by atoms with Gasteiger partial charge in [0.25, 0.3) is 0 Å². The first-order valence-corrected chi connectivity index (χ1v) is 6.86. The van der Waals surface area contributed by atoms with Gasteiger partial charge in [0.15, 0.2) is 0 Å². The summed E-state index contributed by atoms with van der Waals surface area (Å²) < 4.78 is 3.32. The number of benzene rings is 1. The molecule has 1 aliphatic heterocycles. The Labute approximate surface area is 110 Å². The zero-order valence-corrected chi connectivity index (χ0v) is 11.6. The summed E-state index contributed by atoms with van der Waals surface area (Å²) in [5, 5.41) is 0. The van der Waals surface area contributed by atoms with Crippen LogP contribution in [-0.2, 0) is 13.6 Å². The van der Waals surface area contributed by atoms with Crippen LogP contribution in [0.25, 0.3) is 11.0 Å². The van der Waals surface area contributed by atoms with Gasteiger partial charge in [0.05, 0.1) is 17.6 Å². The van der Waals surface area contributed by atoms with Crippen LogP contribution in [0.15, 0.2) is 22.7 Å². The molecule has 0 bridgehead atoms. The number of likely N-dealkylation sites (tertiary alicyclic amines) is 1. The van der Waals surface area contributed by atoms with Crippen molar-refractivity contribution in [2.45, 2.75) is 19.4 Å². The van der Waals surface area contributed by atoms with E-state index in [9.17, 15) is 0 Å². The summed E-state index contributed by atoms with van der Waals surface area (Å²) in [5.41, 5.74) is 2.29. The molecule has 0 N–H and O–H groups in total. The third kappa shape index (κ3) is 2.11. The first-order chi connectivity index (χ1) is 8.24. The average molecular weight is 294 g/mol. The summed E-state index contributed by atoms with van der Waals surface area (Å²) >= 11 is 3.51. The lowest BCUT2D eigenvalue weighted by Crippen LogP contribution is -2.20. The maximum absolute atomic E-state index is 4.72. The van der Waals surface area contributed by atoms with Crippen LogP contribution in [0.5, 0.6) is 0 Å². The standard InChI is InChI=1S/C13H16BrN3/c1-16-12-8-10(14)4-5-11(12)15-13(16)9-17-6-2-3-7-17/h4-5,8H,2-3,6-7,9H2,1H3. The smallest absolute Gasteiger partial charge is 0.123 e. The number of imidazole rings is 1. The molecule has 3 nitrogen and oxygen atoms in total. The lowest BCUT2D eigenvalue weighted by molar-refractivity contribution is 0.319. The molecule has 1 aliphatic rings. The summed E-state index contributed by atoms with van der Waals surface area (Å²) in [7, 11) is 2.10. The summed E-state index contributed by atoms with van der Waals surface area (Å²) in [5.74, 6) is 1.17. The van der Waals surface area contributed by atoms with Crippen LogP contribution in [-0.4, -0.2) is 27.5 Å². The Balaban J connectivity index is 1.96. The van der Waals surface area contributed by atoms with Crippen molar-refractivity contribution in [3.8, 4) is 0 Å². The maximum Gasteiger partial charge on any atom is 0.123 e. The van der Waals surface area contributed by atoms with Crippen LogP contribution in [0.4, 0.5) is 0 Å². The van der Waals surface area contributed by atoms with Crippen LogP contribution in [0, 0.1) is 0 Å². The maximum atomic E-state index is 4.72. The molecule has 0 atom stereocenters. The zero-order chi connectivity index (χ0) is 11.8. The number of nitrogens with zero attached hydrogens (tertiary/aromatic N) is 3. The fourth-order valence-corrected chi connectivity index (χ4v) is 2.84. The Kier molecular flexibility index (Phi) is 2.92. The fraction of sp³-hybridized carbons (Fsp3) is 0.462. The molecule has 1 aromatic heterocycles. The number of aromatic nitrogens is 2.